The van der Waals surface area contributed by atoms with Gasteiger partial charge in [-0.1, -0.05) is 11.6 Å². The Morgan fingerprint density at radius 1 is 1.29 bits per heavy atom. The van der Waals surface area contributed by atoms with Crippen LogP contribution in [-0.4, -0.2) is 50.8 Å². The van der Waals surface area contributed by atoms with Gasteiger partial charge in [0, 0.05) is 18.1 Å². The number of halogens is 1. The van der Waals surface area contributed by atoms with Crippen molar-refractivity contribution in [2.24, 2.45) is 0 Å². The fourth-order valence-corrected chi connectivity index (χ4v) is 5.69. The standard InChI is InChI=1S/C12H16ClNO5S2/c1-9-10(8-15)6-11(13)7-12(9)21(18,19)14-2-4-20(16,17)5-3-14/h6-7,15H,2-5,8H2,1H3. The van der Waals surface area contributed by atoms with Gasteiger partial charge in [0.05, 0.1) is 23.0 Å². The number of rotatable bonds is 3. The van der Waals surface area contributed by atoms with E-state index >= 15 is 0 Å². The summed E-state index contributed by atoms with van der Waals surface area (Å²) in [6, 6.07) is 2.84. The van der Waals surface area contributed by atoms with Crippen molar-refractivity contribution in [3.63, 3.8) is 0 Å². The second-order valence-corrected chi connectivity index (χ2v) is 9.55. The van der Waals surface area contributed by atoms with Crippen molar-refractivity contribution in [1.29, 1.82) is 0 Å². The Labute approximate surface area is 129 Å². The van der Waals surface area contributed by atoms with E-state index in [4.69, 9.17) is 11.6 Å². The van der Waals surface area contributed by atoms with Crippen LogP contribution < -0.4 is 0 Å². The Morgan fingerprint density at radius 3 is 2.38 bits per heavy atom. The quantitative estimate of drug-likeness (QED) is 0.857. The fraction of sp³-hybridized carbons (Fsp3) is 0.500. The van der Waals surface area contributed by atoms with Gasteiger partial charge in [0.25, 0.3) is 0 Å². The zero-order valence-corrected chi connectivity index (χ0v) is 13.8. The normalized spacial score (nSPS) is 19.6. The van der Waals surface area contributed by atoms with E-state index in [2.05, 4.69) is 0 Å². The highest BCUT2D eigenvalue weighted by atomic mass is 35.5. The van der Waals surface area contributed by atoms with E-state index in [-0.39, 0.29) is 41.1 Å². The zero-order valence-electron chi connectivity index (χ0n) is 11.4. The van der Waals surface area contributed by atoms with Gasteiger partial charge in [-0.2, -0.15) is 4.31 Å². The molecule has 0 unspecified atom stereocenters. The number of sulfone groups is 1. The molecule has 1 N–H and O–H groups in total. The van der Waals surface area contributed by atoms with E-state index in [1.807, 2.05) is 0 Å². The minimum absolute atomic E-state index is 0.0124. The molecule has 0 atom stereocenters. The van der Waals surface area contributed by atoms with Gasteiger partial charge in [-0.15, -0.1) is 0 Å². The molecule has 1 fully saturated rings. The summed E-state index contributed by atoms with van der Waals surface area (Å²) in [4.78, 5) is 0.0124. The lowest BCUT2D eigenvalue weighted by Gasteiger charge is -2.27. The number of aliphatic hydroxyl groups is 1. The maximum atomic E-state index is 12.6. The fourth-order valence-electron chi connectivity index (χ4n) is 2.22. The van der Waals surface area contributed by atoms with Crippen molar-refractivity contribution in [2.75, 3.05) is 24.6 Å². The molecule has 0 bridgehead atoms. The minimum atomic E-state index is -3.82. The lowest BCUT2D eigenvalue weighted by molar-refractivity contribution is 0.280. The van der Waals surface area contributed by atoms with Crippen LogP contribution in [0.25, 0.3) is 0 Å². The van der Waals surface area contributed by atoms with Crippen LogP contribution in [0.4, 0.5) is 0 Å². The Balaban J connectivity index is 2.43. The first-order valence-corrected chi connectivity index (χ1v) is 9.92. The molecule has 0 spiro atoms. The highest BCUT2D eigenvalue weighted by Crippen LogP contribution is 2.27. The molecule has 0 amide bonds. The van der Waals surface area contributed by atoms with Gasteiger partial charge in [0.15, 0.2) is 9.84 Å². The van der Waals surface area contributed by atoms with Crippen LogP contribution in [0, 0.1) is 6.92 Å². The van der Waals surface area contributed by atoms with Crippen LogP contribution in [-0.2, 0) is 26.5 Å². The van der Waals surface area contributed by atoms with E-state index in [9.17, 15) is 21.9 Å². The Bertz CT molecular complexity index is 744. The molecule has 0 aliphatic carbocycles. The van der Waals surface area contributed by atoms with Gasteiger partial charge in [0.1, 0.15) is 0 Å². The number of nitrogens with zero attached hydrogens (tertiary/aromatic N) is 1. The van der Waals surface area contributed by atoms with E-state index in [0.29, 0.717) is 11.1 Å². The third kappa shape index (κ3) is 3.40. The monoisotopic (exact) mass is 353 g/mol. The Hall–Kier alpha value is -0.670. The zero-order chi connectivity index (χ0) is 15.8. The molecule has 2 rings (SSSR count). The molecule has 9 heteroatoms. The molecule has 1 aliphatic rings. The first kappa shape index (κ1) is 16.7. The third-order valence-corrected chi connectivity index (χ3v) is 7.38. The molecule has 0 radical (unpaired) electrons. The molecule has 0 aromatic heterocycles. The molecule has 0 saturated carbocycles. The number of benzene rings is 1. The maximum Gasteiger partial charge on any atom is 0.243 e. The van der Waals surface area contributed by atoms with Crippen molar-refractivity contribution in [2.45, 2.75) is 18.4 Å². The van der Waals surface area contributed by atoms with Gasteiger partial charge in [-0.3, -0.25) is 0 Å². The minimum Gasteiger partial charge on any atom is -0.392 e. The SMILES string of the molecule is Cc1c(CO)cc(Cl)cc1S(=O)(=O)N1CCS(=O)(=O)CC1. The van der Waals surface area contributed by atoms with E-state index in [0.717, 1.165) is 4.31 Å². The molecule has 1 saturated heterocycles. The average Bonchev–Trinajstić information content (AvgIpc) is 2.40. The van der Waals surface area contributed by atoms with Crippen molar-refractivity contribution < 1.29 is 21.9 Å². The summed E-state index contributed by atoms with van der Waals surface area (Å²) in [6.45, 7) is 1.15. The van der Waals surface area contributed by atoms with E-state index in [1.165, 1.54) is 12.1 Å². The molecule has 1 aliphatic heterocycles. The first-order chi connectivity index (χ1) is 9.67. The molecule has 1 aromatic rings. The number of hydrogen-bond donors (Lipinski definition) is 1. The average molecular weight is 354 g/mol. The Morgan fingerprint density at radius 2 is 1.86 bits per heavy atom. The van der Waals surface area contributed by atoms with Crippen molar-refractivity contribution in [1.82, 2.24) is 4.31 Å². The van der Waals surface area contributed by atoms with Crippen LogP contribution in [0.3, 0.4) is 0 Å². The lowest BCUT2D eigenvalue weighted by Crippen LogP contribution is -2.43. The molecule has 1 aromatic carbocycles. The summed E-state index contributed by atoms with van der Waals surface area (Å²) in [6.07, 6.45) is 0. The summed E-state index contributed by atoms with van der Waals surface area (Å²) < 4.78 is 49.2. The van der Waals surface area contributed by atoms with E-state index < -0.39 is 19.9 Å². The van der Waals surface area contributed by atoms with Crippen LogP contribution >= 0.6 is 11.6 Å². The molecule has 1 heterocycles. The molecule has 6 nitrogen and oxygen atoms in total. The van der Waals surface area contributed by atoms with E-state index in [1.54, 1.807) is 6.92 Å². The van der Waals surface area contributed by atoms with Gasteiger partial charge in [0.2, 0.25) is 10.0 Å². The lowest BCUT2D eigenvalue weighted by atomic mass is 10.1. The number of sulfonamides is 1. The maximum absolute atomic E-state index is 12.6. The van der Waals surface area contributed by atoms with Gasteiger partial charge in [-0.05, 0) is 30.2 Å². The molecule has 21 heavy (non-hydrogen) atoms. The molecule has 118 valence electrons. The third-order valence-electron chi connectivity index (χ3n) is 3.52. The van der Waals surface area contributed by atoms with Gasteiger partial charge < -0.3 is 5.11 Å². The van der Waals surface area contributed by atoms with Crippen LogP contribution in [0.1, 0.15) is 11.1 Å². The molecular formula is C12H16ClNO5S2. The second-order valence-electron chi connectivity index (χ2n) is 4.90. The van der Waals surface area contributed by atoms with Gasteiger partial charge in [-0.25, -0.2) is 16.8 Å². The largest absolute Gasteiger partial charge is 0.392 e. The highest BCUT2D eigenvalue weighted by molar-refractivity contribution is 7.92. The predicted molar refractivity (Wildman–Crippen MR) is 79.5 cm³/mol. The number of hydrogen-bond acceptors (Lipinski definition) is 5. The highest BCUT2D eigenvalue weighted by Gasteiger charge is 2.32. The summed E-state index contributed by atoms with van der Waals surface area (Å²) >= 11 is 5.90. The van der Waals surface area contributed by atoms with Crippen molar-refractivity contribution in [3.8, 4) is 0 Å². The Kier molecular flexibility index (Phi) is 4.65. The summed E-state index contributed by atoms with van der Waals surface area (Å²) in [5.41, 5.74) is 0.862. The topological polar surface area (TPSA) is 91.8 Å². The predicted octanol–water partition coefficient (Wildman–Crippen LogP) is 0.560. The molecular weight excluding hydrogens is 338 g/mol. The van der Waals surface area contributed by atoms with Crippen molar-refractivity contribution in [3.05, 3.63) is 28.3 Å². The van der Waals surface area contributed by atoms with Gasteiger partial charge >= 0.3 is 0 Å². The number of aliphatic hydroxyl groups excluding tert-OH is 1. The summed E-state index contributed by atoms with van der Waals surface area (Å²) in [5, 5.41) is 9.48. The summed E-state index contributed by atoms with van der Waals surface area (Å²) in [5.74, 6) is -0.364. The van der Waals surface area contributed by atoms with Crippen molar-refractivity contribution >= 4 is 31.5 Å². The first-order valence-electron chi connectivity index (χ1n) is 6.28. The summed E-state index contributed by atoms with van der Waals surface area (Å²) in [7, 11) is -6.99. The smallest absolute Gasteiger partial charge is 0.243 e. The van der Waals surface area contributed by atoms with Crippen LogP contribution in [0.15, 0.2) is 17.0 Å². The van der Waals surface area contributed by atoms with Crippen LogP contribution in [0.2, 0.25) is 5.02 Å². The van der Waals surface area contributed by atoms with Crippen LogP contribution in [0.5, 0.6) is 0 Å². The second kappa shape index (κ2) is 5.85.